The third-order valence-electron chi connectivity index (χ3n) is 1.58. The molecule has 4 N–H and O–H groups in total. The van der Waals surface area contributed by atoms with Gasteiger partial charge in [0.05, 0.1) is 12.2 Å². The Morgan fingerprint density at radius 3 is 2.86 bits per heavy atom. The van der Waals surface area contributed by atoms with E-state index in [4.69, 9.17) is 32.6 Å². The standard InChI is InChI=1S/C9H11ClN2O2/c10-6-1-2-7(9(11)12)8(5-6)14-4-3-13/h1-2,5,13H,3-4H2,(H3,11,12). The SMILES string of the molecule is N=C(N)c1ccc(Cl)cc1OCCO. The van der Waals surface area contributed by atoms with Crippen molar-refractivity contribution in [1.29, 1.82) is 5.41 Å². The van der Waals surface area contributed by atoms with Crippen molar-refractivity contribution in [1.82, 2.24) is 0 Å². The minimum absolute atomic E-state index is 0.0883. The summed E-state index contributed by atoms with van der Waals surface area (Å²) in [7, 11) is 0. The maximum atomic E-state index is 8.58. The van der Waals surface area contributed by atoms with Gasteiger partial charge in [0.25, 0.3) is 0 Å². The Balaban J connectivity index is 2.97. The van der Waals surface area contributed by atoms with Gasteiger partial charge in [-0.1, -0.05) is 11.6 Å². The highest BCUT2D eigenvalue weighted by Gasteiger charge is 2.06. The summed E-state index contributed by atoms with van der Waals surface area (Å²) in [4.78, 5) is 0. The fourth-order valence-electron chi connectivity index (χ4n) is 0.994. The second kappa shape index (κ2) is 4.83. The van der Waals surface area contributed by atoms with Gasteiger partial charge in [-0.3, -0.25) is 5.41 Å². The minimum atomic E-state index is -0.0934. The second-order valence-corrected chi connectivity index (χ2v) is 3.06. The molecule has 1 aromatic carbocycles. The Morgan fingerprint density at radius 1 is 1.57 bits per heavy atom. The van der Waals surface area contributed by atoms with Crippen molar-refractivity contribution in [2.45, 2.75) is 0 Å². The highest BCUT2D eigenvalue weighted by molar-refractivity contribution is 6.30. The molecule has 76 valence electrons. The molecular weight excluding hydrogens is 204 g/mol. The van der Waals surface area contributed by atoms with Gasteiger partial charge in [-0.25, -0.2) is 0 Å². The lowest BCUT2D eigenvalue weighted by atomic mass is 10.2. The maximum absolute atomic E-state index is 8.58. The first-order valence-corrected chi connectivity index (χ1v) is 4.40. The van der Waals surface area contributed by atoms with Gasteiger partial charge in [-0.05, 0) is 18.2 Å². The van der Waals surface area contributed by atoms with Crippen LogP contribution in [-0.4, -0.2) is 24.2 Å². The van der Waals surface area contributed by atoms with Crippen LogP contribution < -0.4 is 10.5 Å². The average molecular weight is 215 g/mol. The van der Waals surface area contributed by atoms with Crippen molar-refractivity contribution in [3.05, 3.63) is 28.8 Å². The third-order valence-corrected chi connectivity index (χ3v) is 1.82. The zero-order valence-corrected chi connectivity index (χ0v) is 8.21. The van der Waals surface area contributed by atoms with Crippen LogP contribution in [0.4, 0.5) is 0 Å². The zero-order chi connectivity index (χ0) is 10.6. The Bertz CT molecular complexity index is 342. The summed E-state index contributed by atoms with van der Waals surface area (Å²) in [6.07, 6.45) is 0. The van der Waals surface area contributed by atoms with Crippen molar-refractivity contribution in [3.8, 4) is 5.75 Å². The van der Waals surface area contributed by atoms with Gasteiger partial charge >= 0.3 is 0 Å². The molecule has 1 rings (SSSR count). The van der Waals surface area contributed by atoms with Crippen LogP contribution in [0.15, 0.2) is 18.2 Å². The molecule has 0 spiro atoms. The highest BCUT2D eigenvalue weighted by atomic mass is 35.5. The van der Waals surface area contributed by atoms with Crippen LogP contribution in [0.25, 0.3) is 0 Å². The van der Waals surface area contributed by atoms with Gasteiger partial charge < -0.3 is 15.6 Å². The number of rotatable bonds is 4. The van der Waals surface area contributed by atoms with Crippen LogP contribution in [0.5, 0.6) is 5.75 Å². The van der Waals surface area contributed by atoms with Gasteiger partial charge in [0.2, 0.25) is 0 Å². The molecule has 14 heavy (non-hydrogen) atoms. The van der Waals surface area contributed by atoms with E-state index in [9.17, 15) is 0 Å². The van der Waals surface area contributed by atoms with E-state index in [1.165, 1.54) is 0 Å². The number of aliphatic hydroxyl groups excluding tert-OH is 1. The number of hydrogen-bond acceptors (Lipinski definition) is 3. The Hall–Kier alpha value is -1.26. The van der Waals surface area contributed by atoms with E-state index in [1.807, 2.05) is 0 Å². The molecule has 5 heteroatoms. The van der Waals surface area contributed by atoms with Gasteiger partial charge in [-0.2, -0.15) is 0 Å². The molecule has 0 saturated carbocycles. The number of nitrogens with one attached hydrogen (secondary N) is 1. The number of ether oxygens (including phenoxy) is 1. The monoisotopic (exact) mass is 214 g/mol. The molecule has 0 aromatic heterocycles. The van der Waals surface area contributed by atoms with Crippen LogP contribution in [0.2, 0.25) is 5.02 Å². The van der Waals surface area contributed by atoms with Crippen molar-refractivity contribution in [3.63, 3.8) is 0 Å². The van der Waals surface area contributed by atoms with E-state index in [1.54, 1.807) is 18.2 Å². The number of hydrogen-bond donors (Lipinski definition) is 3. The first-order valence-electron chi connectivity index (χ1n) is 4.02. The smallest absolute Gasteiger partial charge is 0.131 e. The molecule has 0 bridgehead atoms. The van der Waals surface area contributed by atoms with Crippen molar-refractivity contribution in [2.75, 3.05) is 13.2 Å². The van der Waals surface area contributed by atoms with Crippen molar-refractivity contribution < 1.29 is 9.84 Å². The van der Waals surface area contributed by atoms with Crippen molar-refractivity contribution in [2.24, 2.45) is 5.73 Å². The fourth-order valence-corrected chi connectivity index (χ4v) is 1.16. The minimum Gasteiger partial charge on any atom is -0.490 e. The molecule has 1 aromatic rings. The fraction of sp³-hybridized carbons (Fsp3) is 0.222. The average Bonchev–Trinajstić information content (AvgIpc) is 2.14. The third kappa shape index (κ3) is 2.61. The molecule has 0 radical (unpaired) electrons. The predicted octanol–water partition coefficient (Wildman–Crippen LogP) is 0.995. The second-order valence-electron chi connectivity index (χ2n) is 2.63. The number of benzene rings is 1. The Morgan fingerprint density at radius 2 is 2.29 bits per heavy atom. The van der Waals surface area contributed by atoms with Gasteiger partial charge in [0, 0.05) is 5.02 Å². The predicted molar refractivity (Wildman–Crippen MR) is 55.0 cm³/mol. The summed E-state index contributed by atoms with van der Waals surface area (Å²) in [5, 5.41) is 16.4. The van der Waals surface area contributed by atoms with Crippen molar-refractivity contribution >= 4 is 17.4 Å². The Kier molecular flexibility index (Phi) is 3.73. The first kappa shape index (κ1) is 10.8. The topological polar surface area (TPSA) is 79.3 Å². The molecule has 0 aliphatic carbocycles. The van der Waals surface area contributed by atoms with Crippen LogP contribution in [0, 0.1) is 5.41 Å². The van der Waals surface area contributed by atoms with Gasteiger partial charge in [-0.15, -0.1) is 0 Å². The van der Waals surface area contributed by atoms with Gasteiger partial charge in [0.1, 0.15) is 18.2 Å². The van der Waals surface area contributed by atoms with Gasteiger partial charge in [0.15, 0.2) is 0 Å². The summed E-state index contributed by atoms with van der Waals surface area (Å²) in [6, 6.07) is 4.80. The first-order chi connectivity index (χ1) is 6.65. The molecule has 0 amide bonds. The Labute approximate surface area is 86.8 Å². The molecule has 0 fully saturated rings. The molecule has 0 atom stereocenters. The van der Waals surface area contributed by atoms with E-state index in [-0.39, 0.29) is 19.0 Å². The molecule has 0 heterocycles. The number of nitrogen functional groups attached to an aromatic ring is 1. The molecule has 0 aliphatic heterocycles. The van der Waals surface area contributed by atoms with E-state index < -0.39 is 0 Å². The highest BCUT2D eigenvalue weighted by Crippen LogP contribution is 2.22. The molecule has 0 unspecified atom stereocenters. The molecular formula is C9H11ClN2O2. The van der Waals surface area contributed by atoms with E-state index >= 15 is 0 Å². The largest absolute Gasteiger partial charge is 0.490 e. The zero-order valence-electron chi connectivity index (χ0n) is 7.46. The lowest BCUT2D eigenvalue weighted by Crippen LogP contribution is -2.14. The van der Waals surface area contributed by atoms with Crippen LogP contribution in [-0.2, 0) is 0 Å². The summed E-state index contributed by atoms with van der Waals surface area (Å²) in [5.74, 6) is 0.327. The normalized spacial score (nSPS) is 9.86. The van der Waals surface area contributed by atoms with E-state index in [0.717, 1.165) is 0 Å². The molecule has 0 saturated heterocycles. The quantitative estimate of drug-likeness (QED) is 0.517. The summed E-state index contributed by atoms with van der Waals surface area (Å²) in [6.45, 7) is 0.0600. The molecule has 4 nitrogen and oxygen atoms in total. The van der Waals surface area contributed by atoms with Crippen LogP contribution in [0.1, 0.15) is 5.56 Å². The summed E-state index contributed by atoms with van der Waals surface area (Å²) < 4.78 is 5.17. The number of amidine groups is 1. The number of nitrogens with two attached hydrogens (primary N) is 1. The van der Waals surface area contributed by atoms with Crippen LogP contribution in [0.3, 0.4) is 0 Å². The summed E-state index contributed by atoms with van der Waals surface area (Å²) >= 11 is 5.75. The summed E-state index contributed by atoms with van der Waals surface area (Å²) in [5.41, 5.74) is 5.81. The lowest BCUT2D eigenvalue weighted by molar-refractivity contribution is 0.201. The van der Waals surface area contributed by atoms with E-state index in [2.05, 4.69) is 0 Å². The maximum Gasteiger partial charge on any atom is 0.131 e. The van der Waals surface area contributed by atoms with E-state index in [0.29, 0.717) is 16.3 Å². The van der Waals surface area contributed by atoms with Crippen LogP contribution >= 0.6 is 11.6 Å². The lowest BCUT2D eigenvalue weighted by Gasteiger charge is -2.09. The molecule has 0 aliphatic rings. The number of aliphatic hydroxyl groups is 1. The number of halogens is 1.